The van der Waals surface area contributed by atoms with Gasteiger partial charge in [-0.2, -0.15) is 0 Å². The van der Waals surface area contributed by atoms with E-state index in [1.165, 1.54) is 5.56 Å². The molecule has 3 rings (SSSR count). The lowest BCUT2D eigenvalue weighted by Gasteiger charge is -2.34. The topological polar surface area (TPSA) is 59.9 Å². The van der Waals surface area contributed by atoms with Gasteiger partial charge in [-0.15, -0.1) is 35.3 Å². The van der Waals surface area contributed by atoms with E-state index >= 15 is 0 Å². The SMILES string of the molecule is CCN1CCN(c2cc(CNC(=NC)N(C)Cc3csc(C)n3)ccn2)CC1.I. The smallest absolute Gasteiger partial charge is 0.194 e. The average molecular weight is 529 g/mol. The number of likely N-dealkylation sites (N-methyl/N-ethyl adjacent to an activating group) is 1. The van der Waals surface area contributed by atoms with E-state index in [0.29, 0.717) is 0 Å². The van der Waals surface area contributed by atoms with Gasteiger partial charge in [-0.05, 0) is 31.2 Å². The number of anilines is 1. The van der Waals surface area contributed by atoms with Crippen molar-refractivity contribution in [1.82, 2.24) is 25.1 Å². The van der Waals surface area contributed by atoms with E-state index in [2.05, 4.69) is 59.4 Å². The second kappa shape index (κ2) is 11.7. The lowest BCUT2D eigenvalue weighted by Crippen LogP contribution is -2.46. The van der Waals surface area contributed by atoms with Crippen molar-refractivity contribution in [2.24, 2.45) is 4.99 Å². The Bertz CT molecular complexity index is 787. The van der Waals surface area contributed by atoms with E-state index in [1.807, 2.05) is 27.2 Å². The van der Waals surface area contributed by atoms with Gasteiger partial charge in [0, 0.05) is 58.4 Å². The van der Waals surface area contributed by atoms with Crippen molar-refractivity contribution in [1.29, 1.82) is 0 Å². The van der Waals surface area contributed by atoms with Crippen molar-refractivity contribution in [3.63, 3.8) is 0 Å². The number of rotatable bonds is 6. The number of piperazine rings is 1. The van der Waals surface area contributed by atoms with E-state index in [1.54, 1.807) is 11.3 Å². The van der Waals surface area contributed by atoms with Crippen LogP contribution in [0.25, 0.3) is 0 Å². The molecular weight excluding hydrogens is 497 g/mol. The van der Waals surface area contributed by atoms with Crippen LogP contribution in [0.5, 0.6) is 0 Å². The molecule has 1 aliphatic rings. The molecule has 0 aromatic carbocycles. The molecule has 1 N–H and O–H groups in total. The van der Waals surface area contributed by atoms with Crippen molar-refractivity contribution < 1.29 is 0 Å². The third kappa shape index (κ3) is 6.78. The zero-order valence-corrected chi connectivity index (χ0v) is 20.9. The Labute approximate surface area is 195 Å². The predicted octanol–water partition coefficient (Wildman–Crippen LogP) is 2.81. The van der Waals surface area contributed by atoms with Gasteiger partial charge in [-0.1, -0.05) is 6.92 Å². The van der Waals surface area contributed by atoms with Crippen LogP contribution in [0.2, 0.25) is 0 Å². The Balaban J connectivity index is 0.00000300. The van der Waals surface area contributed by atoms with E-state index < -0.39 is 0 Å². The molecule has 0 bridgehead atoms. The van der Waals surface area contributed by atoms with Crippen molar-refractivity contribution in [2.75, 3.05) is 51.7 Å². The van der Waals surface area contributed by atoms with Crippen LogP contribution in [0.1, 0.15) is 23.2 Å². The summed E-state index contributed by atoms with van der Waals surface area (Å²) in [7, 11) is 3.85. The Kier molecular flexibility index (Phi) is 9.57. The Morgan fingerprint density at radius 3 is 2.69 bits per heavy atom. The Hall–Kier alpha value is -1.46. The molecular formula is C20H32IN7S. The third-order valence-electron chi connectivity index (χ3n) is 5.04. The number of hydrogen-bond acceptors (Lipinski definition) is 6. The molecule has 2 aromatic rings. The molecule has 7 nitrogen and oxygen atoms in total. The van der Waals surface area contributed by atoms with Crippen molar-refractivity contribution in [2.45, 2.75) is 26.9 Å². The first-order valence-electron chi connectivity index (χ1n) is 9.84. The van der Waals surface area contributed by atoms with Crippen LogP contribution < -0.4 is 10.2 Å². The summed E-state index contributed by atoms with van der Waals surface area (Å²) in [6.45, 7) is 11.1. The molecule has 0 unspecified atom stereocenters. The number of nitrogens with one attached hydrogen (secondary N) is 1. The first-order valence-corrected chi connectivity index (χ1v) is 10.7. The minimum atomic E-state index is 0. The van der Waals surface area contributed by atoms with E-state index in [-0.39, 0.29) is 24.0 Å². The molecule has 0 radical (unpaired) electrons. The van der Waals surface area contributed by atoms with Crippen LogP contribution in [-0.2, 0) is 13.1 Å². The monoisotopic (exact) mass is 529 g/mol. The highest BCUT2D eigenvalue weighted by Gasteiger charge is 2.17. The lowest BCUT2D eigenvalue weighted by molar-refractivity contribution is 0.270. The fraction of sp³-hybridized carbons (Fsp3) is 0.550. The number of nitrogens with zero attached hydrogens (tertiary/aromatic N) is 6. The van der Waals surface area contributed by atoms with Gasteiger partial charge in [0.2, 0.25) is 0 Å². The summed E-state index contributed by atoms with van der Waals surface area (Å²) in [5, 5.41) is 6.65. The summed E-state index contributed by atoms with van der Waals surface area (Å²) in [5.74, 6) is 1.93. The molecule has 9 heteroatoms. The van der Waals surface area contributed by atoms with Crippen LogP contribution in [0.15, 0.2) is 28.7 Å². The van der Waals surface area contributed by atoms with Crippen LogP contribution in [-0.4, -0.2) is 72.5 Å². The minimum absolute atomic E-state index is 0. The maximum Gasteiger partial charge on any atom is 0.194 e. The van der Waals surface area contributed by atoms with Crippen LogP contribution >= 0.6 is 35.3 Å². The van der Waals surface area contributed by atoms with Crippen molar-refractivity contribution in [3.05, 3.63) is 40.0 Å². The fourth-order valence-electron chi connectivity index (χ4n) is 3.40. The van der Waals surface area contributed by atoms with E-state index in [4.69, 9.17) is 0 Å². The fourth-order valence-corrected chi connectivity index (χ4v) is 4.01. The summed E-state index contributed by atoms with van der Waals surface area (Å²) in [6.07, 6.45) is 1.91. The van der Waals surface area contributed by atoms with Gasteiger partial charge in [0.25, 0.3) is 0 Å². The van der Waals surface area contributed by atoms with E-state index in [9.17, 15) is 0 Å². The van der Waals surface area contributed by atoms with Gasteiger partial charge in [0.15, 0.2) is 5.96 Å². The number of thiazole rings is 1. The zero-order valence-electron chi connectivity index (χ0n) is 17.8. The largest absolute Gasteiger partial charge is 0.354 e. The molecule has 3 heterocycles. The molecule has 1 fully saturated rings. The van der Waals surface area contributed by atoms with Gasteiger partial charge in [0.05, 0.1) is 17.2 Å². The molecule has 1 aliphatic heterocycles. The first-order chi connectivity index (χ1) is 13.6. The van der Waals surface area contributed by atoms with Crippen LogP contribution in [0, 0.1) is 6.92 Å². The summed E-state index contributed by atoms with van der Waals surface area (Å²) in [5.41, 5.74) is 2.28. The summed E-state index contributed by atoms with van der Waals surface area (Å²) < 4.78 is 0. The Morgan fingerprint density at radius 1 is 1.31 bits per heavy atom. The van der Waals surface area contributed by atoms with Gasteiger partial charge in [-0.3, -0.25) is 4.99 Å². The summed E-state index contributed by atoms with van der Waals surface area (Å²) in [4.78, 5) is 20.5. The molecule has 2 aromatic heterocycles. The van der Waals surface area contributed by atoms with Gasteiger partial charge >= 0.3 is 0 Å². The minimum Gasteiger partial charge on any atom is -0.354 e. The van der Waals surface area contributed by atoms with Crippen LogP contribution in [0.3, 0.4) is 0 Å². The number of guanidine groups is 1. The predicted molar refractivity (Wildman–Crippen MR) is 132 cm³/mol. The molecule has 1 saturated heterocycles. The zero-order chi connectivity index (χ0) is 19.9. The van der Waals surface area contributed by atoms with Crippen molar-refractivity contribution in [3.8, 4) is 0 Å². The highest BCUT2D eigenvalue weighted by Crippen LogP contribution is 2.15. The summed E-state index contributed by atoms with van der Waals surface area (Å²) >= 11 is 1.68. The number of pyridine rings is 1. The maximum absolute atomic E-state index is 4.59. The molecule has 0 saturated carbocycles. The summed E-state index contributed by atoms with van der Waals surface area (Å²) in [6, 6.07) is 4.25. The number of halogens is 1. The number of aliphatic imine (C=N–C) groups is 1. The third-order valence-corrected chi connectivity index (χ3v) is 5.87. The standard InChI is InChI=1S/C20H31N7S.HI/c1-5-26-8-10-27(11-9-26)19-12-17(6-7-22-19)13-23-20(21-3)25(4)14-18-15-28-16(2)24-18;/h6-7,12,15H,5,8-11,13-14H2,1-4H3,(H,21,23);1H. The van der Waals surface area contributed by atoms with Gasteiger partial charge in [-0.25, -0.2) is 9.97 Å². The molecule has 29 heavy (non-hydrogen) atoms. The maximum atomic E-state index is 4.59. The van der Waals surface area contributed by atoms with Crippen molar-refractivity contribution >= 4 is 47.1 Å². The van der Waals surface area contributed by atoms with E-state index in [0.717, 1.165) is 68.3 Å². The van der Waals surface area contributed by atoms with Gasteiger partial charge in [0.1, 0.15) is 5.82 Å². The highest BCUT2D eigenvalue weighted by atomic mass is 127. The average Bonchev–Trinajstić information content (AvgIpc) is 3.13. The highest BCUT2D eigenvalue weighted by molar-refractivity contribution is 14.0. The molecule has 0 atom stereocenters. The molecule has 160 valence electrons. The van der Waals surface area contributed by atoms with Gasteiger partial charge < -0.3 is 20.0 Å². The number of aromatic nitrogens is 2. The number of hydrogen-bond donors (Lipinski definition) is 1. The second-order valence-corrected chi connectivity index (χ2v) is 8.12. The quantitative estimate of drug-likeness (QED) is 0.353. The first kappa shape index (κ1) is 23.8. The molecule has 0 aliphatic carbocycles. The number of aryl methyl sites for hydroxylation is 1. The Morgan fingerprint density at radius 2 is 2.07 bits per heavy atom. The second-order valence-electron chi connectivity index (χ2n) is 7.06. The molecule has 0 amide bonds. The van der Waals surface area contributed by atoms with Crippen LogP contribution in [0.4, 0.5) is 5.82 Å². The normalized spacial score (nSPS) is 15.2. The molecule has 0 spiro atoms. The lowest BCUT2D eigenvalue weighted by atomic mass is 10.2.